The number of nitrogens with zero attached hydrogens (tertiary/aromatic N) is 3. The second-order valence-electron chi connectivity index (χ2n) is 6.18. The first-order valence-electron chi connectivity index (χ1n) is 8.34. The summed E-state index contributed by atoms with van der Waals surface area (Å²) in [6.45, 7) is 1.22. The Morgan fingerprint density at radius 2 is 2.11 bits per heavy atom. The van der Waals surface area contributed by atoms with Gasteiger partial charge < -0.3 is 14.2 Å². The van der Waals surface area contributed by atoms with Crippen LogP contribution in [-0.2, 0) is 15.8 Å². The summed E-state index contributed by atoms with van der Waals surface area (Å²) in [6.07, 6.45) is -0.00342. The van der Waals surface area contributed by atoms with Crippen molar-refractivity contribution in [2.45, 2.75) is 30.2 Å². The molecule has 1 aliphatic heterocycles. The lowest BCUT2D eigenvalue weighted by Gasteiger charge is -2.33. The molecule has 0 aromatic carbocycles. The van der Waals surface area contributed by atoms with E-state index in [9.17, 15) is 17.5 Å². The molecule has 3 rings (SSSR count). The van der Waals surface area contributed by atoms with Gasteiger partial charge in [-0.2, -0.15) is 0 Å². The maximum Gasteiger partial charge on any atom is 0.285 e. The Hall–Kier alpha value is -1.89. The van der Waals surface area contributed by atoms with Crippen LogP contribution in [0.5, 0.6) is 0 Å². The molecular formula is C16H18F2N5O3S2-. The zero-order valence-electron chi connectivity index (χ0n) is 14.9. The first-order valence-corrected chi connectivity index (χ1v) is 10.2. The van der Waals surface area contributed by atoms with E-state index in [2.05, 4.69) is 4.98 Å². The van der Waals surface area contributed by atoms with Crippen LogP contribution >= 0.6 is 11.8 Å². The Balaban J connectivity index is 2.04. The Morgan fingerprint density at radius 1 is 1.43 bits per heavy atom. The van der Waals surface area contributed by atoms with Crippen LogP contribution < -0.4 is 4.90 Å². The van der Waals surface area contributed by atoms with Gasteiger partial charge in [0, 0.05) is 31.2 Å². The molecule has 152 valence electrons. The van der Waals surface area contributed by atoms with Crippen LogP contribution in [0.4, 0.5) is 14.6 Å². The van der Waals surface area contributed by atoms with Crippen LogP contribution in [0.3, 0.4) is 0 Å². The summed E-state index contributed by atoms with van der Waals surface area (Å²) in [5, 5.41) is 14.0. The second kappa shape index (κ2) is 8.64. The molecule has 1 atom stereocenters. The molecule has 0 spiro atoms. The normalized spacial score (nSPS) is 16.5. The highest BCUT2D eigenvalue weighted by Gasteiger charge is 2.24. The van der Waals surface area contributed by atoms with Crippen molar-refractivity contribution in [1.29, 1.82) is 10.8 Å². The molecule has 0 radical (unpaired) electrons. The number of anilines is 1. The Morgan fingerprint density at radius 3 is 2.71 bits per heavy atom. The minimum absolute atomic E-state index is 0.00453. The van der Waals surface area contributed by atoms with E-state index in [-0.39, 0.29) is 21.7 Å². The van der Waals surface area contributed by atoms with Crippen LogP contribution in [0.1, 0.15) is 18.5 Å². The quantitative estimate of drug-likeness (QED) is 0.428. The minimum Gasteiger partial charge on any atom is -0.768 e. The van der Waals surface area contributed by atoms with Crippen molar-refractivity contribution in [2.75, 3.05) is 25.2 Å². The molecule has 1 saturated heterocycles. The van der Waals surface area contributed by atoms with Gasteiger partial charge in [0.05, 0.1) is 5.52 Å². The number of rotatable bonds is 5. The highest BCUT2D eigenvalue weighted by Crippen LogP contribution is 2.28. The number of thioether (sulfide) groups is 1. The van der Waals surface area contributed by atoms with Crippen LogP contribution in [0.2, 0.25) is 0 Å². The third-order valence-electron chi connectivity index (χ3n) is 4.52. The predicted octanol–water partition coefficient (Wildman–Crippen LogP) is 2.49. The van der Waals surface area contributed by atoms with Crippen molar-refractivity contribution < 1.29 is 22.3 Å². The van der Waals surface area contributed by atoms with Crippen molar-refractivity contribution >= 4 is 44.3 Å². The van der Waals surface area contributed by atoms with Gasteiger partial charge in [-0.1, -0.05) is 0 Å². The minimum atomic E-state index is -2.99. The fourth-order valence-electron chi connectivity index (χ4n) is 3.06. The standard InChI is InChI=1S/C16H19F2N5O3S2/c1-22(9-2-4-26-5-3-9)12-7-10(28(24)25)6-11-13(21-8-23(11)12)15(19)27-16(20)14(17)18/h6-9,14,19-20H,2-5H2,1H3,(H,24,25)/p-1. The van der Waals surface area contributed by atoms with E-state index >= 15 is 0 Å². The topological polar surface area (TPSA) is 118 Å². The van der Waals surface area contributed by atoms with E-state index in [1.54, 1.807) is 4.40 Å². The lowest BCUT2D eigenvalue weighted by atomic mass is 10.1. The van der Waals surface area contributed by atoms with E-state index in [1.807, 2.05) is 11.9 Å². The average Bonchev–Trinajstić information content (AvgIpc) is 3.11. The highest BCUT2D eigenvalue weighted by atomic mass is 32.2. The molecule has 3 heterocycles. The maximum atomic E-state index is 12.6. The van der Waals surface area contributed by atoms with Gasteiger partial charge in [-0.25, -0.2) is 13.8 Å². The zero-order valence-corrected chi connectivity index (χ0v) is 16.5. The number of imidazole rings is 1. The molecule has 1 aliphatic rings. The third kappa shape index (κ3) is 4.24. The Labute approximate surface area is 166 Å². The number of alkyl halides is 2. The molecule has 0 bridgehead atoms. The summed E-state index contributed by atoms with van der Waals surface area (Å²) >= 11 is -2.23. The molecule has 2 aromatic heterocycles. The van der Waals surface area contributed by atoms with Gasteiger partial charge in [0.25, 0.3) is 6.43 Å². The molecule has 0 saturated carbocycles. The third-order valence-corrected chi connectivity index (χ3v) is 5.94. The number of ether oxygens (including phenoxy) is 1. The molecule has 2 N–H and O–H groups in total. The molecule has 1 unspecified atom stereocenters. The summed E-state index contributed by atoms with van der Waals surface area (Å²) in [5.74, 6) is 0.559. The molecule has 0 aliphatic carbocycles. The van der Waals surface area contributed by atoms with E-state index in [4.69, 9.17) is 15.6 Å². The lowest BCUT2D eigenvalue weighted by molar-refractivity contribution is 0.0853. The number of halogens is 2. The Kier molecular flexibility index (Phi) is 6.43. The Bertz CT molecular complexity index is 930. The number of aromatic nitrogens is 2. The molecule has 0 amide bonds. The van der Waals surface area contributed by atoms with E-state index in [0.717, 1.165) is 12.8 Å². The average molecular weight is 430 g/mol. The van der Waals surface area contributed by atoms with Crippen LogP contribution in [0.25, 0.3) is 5.52 Å². The second-order valence-corrected chi connectivity index (χ2v) is 8.18. The SMILES string of the molecule is CN(c1cc(S(=O)[O-])cc2c(C(=N)SC(=N)C(F)F)ncn12)C1CCOCC1. The molecule has 12 heteroatoms. The van der Waals surface area contributed by atoms with Crippen molar-refractivity contribution in [1.82, 2.24) is 9.38 Å². The predicted molar refractivity (Wildman–Crippen MR) is 103 cm³/mol. The summed E-state index contributed by atoms with van der Waals surface area (Å²) in [5.41, 5.74) is 0.347. The first-order chi connectivity index (χ1) is 13.3. The van der Waals surface area contributed by atoms with Gasteiger partial charge in [0.15, 0.2) is 0 Å². The van der Waals surface area contributed by atoms with E-state index < -0.39 is 22.5 Å². The molecule has 1 fully saturated rings. The van der Waals surface area contributed by atoms with Gasteiger partial charge in [0.1, 0.15) is 27.9 Å². The lowest BCUT2D eigenvalue weighted by Crippen LogP contribution is -2.37. The van der Waals surface area contributed by atoms with Gasteiger partial charge >= 0.3 is 0 Å². The van der Waals surface area contributed by atoms with E-state index in [1.165, 1.54) is 18.5 Å². The van der Waals surface area contributed by atoms with Crippen molar-refractivity contribution in [2.24, 2.45) is 0 Å². The first kappa shape index (κ1) is 20.8. The van der Waals surface area contributed by atoms with Crippen molar-refractivity contribution in [3.8, 4) is 0 Å². The van der Waals surface area contributed by atoms with Crippen LogP contribution in [-0.4, -0.2) is 61.0 Å². The van der Waals surface area contributed by atoms with Gasteiger partial charge in [-0.05, 0) is 47.8 Å². The number of hydrogen-bond acceptors (Lipinski definition) is 8. The fraction of sp³-hybridized carbons (Fsp3) is 0.438. The summed E-state index contributed by atoms with van der Waals surface area (Å²) in [7, 11) is 1.84. The maximum absolute atomic E-state index is 12.6. The van der Waals surface area contributed by atoms with Gasteiger partial charge in [-0.15, -0.1) is 0 Å². The van der Waals surface area contributed by atoms with E-state index in [0.29, 0.717) is 36.3 Å². The summed E-state index contributed by atoms with van der Waals surface area (Å²) in [4.78, 5) is 6.06. The van der Waals surface area contributed by atoms with Gasteiger partial charge in [0.2, 0.25) is 0 Å². The number of fused-ring (bicyclic) bond motifs is 1. The summed E-state index contributed by atoms with van der Waals surface area (Å²) in [6, 6.07) is 2.99. The van der Waals surface area contributed by atoms with Crippen LogP contribution in [0, 0.1) is 10.8 Å². The summed E-state index contributed by atoms with van der Waals surface area (Å²) < 4.78 is 55.5. The molecule has 28 heavy (non-hydrogen) atoms. The van der Waals surface area contributed by atoms with Crippen LogP contribution in [0.15, 0.2) is 23.4 Å². The van der Waals surface area contributed by atoms with Gasteiger partial charge in [-0.3, -0.25) is 19.4 Å². The molecule has 8 nitrogen and oxygen atoms in total. The monoisotopic (exact) mass is 430 g/mol. The largest absolute Gasteiger partial charge is 0.768 e. The zero-order chi connectivity index (χ0) is 20.4. The van der Waals surface area contributed by atoms with Crippen molar-refractivity contribution in [3.05, 3.63) is 24.2 Å². The smallest absolute Gasteiger partial charge is 0.285 e. The number of nitrogens with one attached hydrogen (secondary N) is 2. The highest BCUT2D eigenvalue weighted by molar-refractivity contribution is 8.26. The van der Waals surface area contributed by atoms with Crippen molar-refractivity contribution in [3.63, 3.8) is 0 Å². The fourth-order valence-corrected chi connectivity index (χ4v) is 4.03. The molecular weight excluding hydrogens is 412 g/mol. The number of hydrogen-bond donors (Lipinski definition) is 2. The molecule has 2 aromatic rings. The number of pyridine rings is 1.